The Morgan fingerprint density at radius 3 is 2.48 bits per heavy atom. The van der Waals surface area contributed by atoms with Crippen LogP contribution in [0.25, 0.3) is 0 Å². The van der Waals surface area contributed by atoms with Crippen molar-refractivity contribution in [2.45, 2.75) is 64.9 Å². The van der Waals surface area contributed by atoms with Gasteiger partial charge in [-0.3, -0.25) is 0 Å². The largest absolute Gasteiger partial charge is 0.378 e. The van der Waals surface area contributed by atoms with Gasteiger partial charge in [0.15, 0.2) is 0 Å². The summed E-state index contributed by atoms with van der Waals surface area (Å²) in [5, 5.41) is 3.04. The first-order valence-electron chi connectivity index (χ1n) is 8.79. The first-order chi connectivity index (χ1) is 10.1. The van der Waals surface area contributed by atoms with Crippen molar-refractivity contribution in [2.75, 3.05) is 26.2 Å². The molecular formula is C17H32N2O2. The summed E-state index contributed by atoms with van der Waals surface area (Å²) in [7, 11) is 0. The van der Waals surface area contributed by atoms with Crippen LogP contribution in [0.15, 0.2) is 0 Å². The van der Waals surface area contributed by atoms with Gasteiger partial charge in [0.2, 0.25) is 0 Å². The van der Waals surface area contributed by atoms with Gasteiger partial charge in [-0.15, -0.1) is 0 Å². The summed E-state index contributed by atoms with van der Waals surface area (Å²) in [6.07, 6.45) is 9.05. The zero-order valence-electron chi connectivity index (χ0n) is 13.8. The minimum absolute atomic E-state index is 0.103. The molecule has 0 aromatic carbocycles. The van der Waals surface area contributed by atoms with Crippen molar-refractivity contribution in [3.05, 3.63) is 0 Å². The molecule has 0 spiro atoms. The second-order valence-electron chi connectivity index (χ2n) is 7.07. The molecule has 1 heterocycles. The SMILES string of the molecule is CC1CC(C)CN(C(=O)NCCCOC2CCCCC2)C1. The van der Waals surface area contributed by atoms with Crippen LogP contribution in [0.1, 0.15) is 58.8 Å². The lowest BCUT2D eigenvalue weighted by molar-refractivity contribution is 0.0274. The van der Waals surface area contributed by atoms with Gasteiger partial charge in [-0.25, -0.2) is 4.79 Å². The van der Waals surface area contributed by atoms with Gasteiger partial charge in [0.05, 0.1) is 6.10 Å². The van der Waals surface area contributed by atoms with Crippen molar-refractivity contribution < 1.29 is 9.53 Å². The maximum absolute atomic E-state index is 12.1. The number of amides is 2. The number of carbonyl (C=O) groups is 1. The molecule has 0 radical (unpaired) electrons. The Hall–Kier alpha value is -0.770. The van der Waals surface area contributed by atoms with Gasteiger partial charge in [0.25, 0.3) is 0 Å². The maximum Gasteiger partial charge on any atom is 0.317 e. The summed E-state index contributed by atoms with van der Waals surface area (Å²) in [6, 6.07) is 0.103. The Labute approximate surface area is 129 Å². The molecule has 2 fully saturated rings. The van der Waals surface area contributed by atoms with Crippen LogP contribution < -0.4 is 5.32 Å². The predicted octanol–water partition coefficient (Wildman–Crippen LogP) is 3.41. The van der Waals surface area contributed by atoms with E-state index in [1.54, 1.807) is 0 Å². The van der Waals surface area contributed by atoms with Gasteiger partial charge < -0.3 is 15.0 Å². The molecule has 122 valence electrons. The lowest BCUT2D eigenvalue weighted by Crippen LogP contribution is -2.47. The molecule has 1 saturated carbocycles. The molecule has 2 aliphatic rings. The van der Waals surface area contributed by atoms with Crippen LogP contribution in [0.4, 0.5) is 4.79 Å². The normalized spacial score (nSPS) is 27.6. The fourth-order valence-electron chi connectivity index (χ4n) is 3.69. The van der Waals surface area contributed by atoms with Gasteiger partial charge in [0.1, 0.15) is 0 Å². The monoisotopic (exact) mass is 296 g/mol. The third-order valence-corrected chi connectivity index (χ3v) is 4.66. The number of ether oxygens (including phenoxy) is 1. The number of likely N-dealkylation sites (tertiary alicyclic amines) is 1. The second kappa shape index (κ2) is 8.62. The maximum atomic E-state index is 12.1. The zero-order valence-corrected chi connectivity index (χ0v) is 13.8. The smallest absolute Gasteiger partial charge is 0.317 e. The van der Waals surface area contributed by atoms with E-state index in [0.29, 0.717) is 17.9 Å². The number of nitrogens with one attached hydrogen (secondary N) is 1. The van der Waals surface area contributed by atoms with Crippen molar-refractivity contribution >= 4 is 6.03 Å². The van der Waals surface area contributed by atoms with E-state index < -0.39 is 0 Å². The Kier molecular flexibility index (Phi) is 6.81. The Morgan fingerprint density at radius 1 is 1.14 bits per heavy atom. The quantitative estimate of drug-likeness (QED) is 0.790. The summed E-state index contributed by atoms with van der Waals surface area (Å²) in [5.41, 5.74) is 0. The first kappa shape index (κ1) is 16.6. The lowest BCUT2D eigenvalue weighted by atomic mass is 9.92. The van der Waals surface area contributed by atoms with Crippen LogP contribution in [-0.2, 0) is 4.74 Å². The third-order valence-electron chi connectivity index (χ3n) is 4.66. The van der Waals surface area contributed by atoms with E-state index in [9.17, 15) is 4.79 Å². The Morgan fingerprint density at radius 2 is 1.81 bits per heavy atom. The molecule has 2 rings (SSSR count). The molecule has 0 aromatic heterocycles. The van der Waals surface area contributed by atoms with Crippen LogP contribution in [0.3, 0.4) is 0 Å². The molecule has 2 amide bonds. The number of hydrogen-bond acceptors (Lipinski definition) is 2. The third kappa shape index (κ3) is 5.85. The number of rotatable bonds is 5. The minimum Gasteiger partial charge on any atom is -0.378 e. The van der Waals surface area contributed by atoms with Crippen LogP contribution in [0, 0.1) is 11.8 Å². The molecule has 1 aliphatic heterocycles. The molecule has 0 bridgehead atoms. The number of carbonyl (C=O) groups excluding carboxylic acids is 1. The standard InChI is InChI=1S/C17H32N2O2/c1-14-11-15(2)13-19(12-14)17(20)18-9-6-10-21-16-7-4-3-5-8-16/h14-16H,3-13H2,1-2H3,(H,18,20). The Bertz CT molecular complexity index is 306. The van der Waals surface area contributed by atoms with Gasteiger partial charge in [-0.1, -0.05) is 33.1 Å². The average molecular weight is 296 g/mol. The molecule has 21 heavy (non-hydrogen) atoms. The fourth-order valence-corrected chi connectivity index (χ4v) is 3.69. The highest BCUT2D eigenvalue weighted by Crippen LogP contribution is 2.21. The predicted molar refractivity (Wildman–Crippen MR) is 85.4 cm³/mol. The zero-order chi connectivity index (χ0) is 15.1. The van der Waals surface area contributed by atoms with E-state index in [2.05, 4.69) is 19.2 Å². The molecule has 4 heteroatoms. The van der Waals surface area contributed by atoms with Gasteiger partial charge in [-0.05, 0) is 37.5 Å². The van der Waals surface area contributed by atoms with Crippen LogP contribution in [-0.4, -0.2) is 43.3 Å². The highest BCUT2D eigenvalue weighted by molar-refractivity contribution is 5.74. The van der Waals surface area contributed by atoms with Gasteiger partial charge in [0, 0.05) is 26.2 Å². The lowest BCUT2D eigenvalue weighted by Gasteiger charge is -2.34. The molecular weight excluding hydrogens is 264 g/mol. The average Bonchev–Trinajstić information content (AvgIpc) is 2.47. The number of urea groups is 1. The molecule has 2 unspecified atom stereocenters. The van der Waals surface area contributed by atoms with Crippen LogP contribution >= 0.6 is 0 Å². The summed E-state index contributed by atoms with van der Waals surface area (Å²) in [4.78, 5) is 14.1. The molecule has 0 aromatic rings. The van der Waals surface area contributed by atoms with Crippen LogP contribution in [0.2, 0.25) is 0 Å². The number of nitrogens with zero attached hydrogens (tertiary/aromatic N) is 1. The number of hydrogen-bond donors (Lipinski definition) is 1. The first-order valence-corrected chi connectivity index (χ1v) is 8.79. The summed E-state index contributed by atoms with van der Waals surface area (Å²) < 4.78 is 5.88. The van der Waals surface area contributed by atoms with E-state index in [4.69, 9.17) is 4.74 Å². The molecule has 4 nitrogen and oxygen atoms in total. The van der Waals surface area contributed by atoms with Crippen LogP contribution in [0.5, 0.6) is 0 Å². The number of piperidine rings is 1. The van der Waals surface area contributed by atoms with E-state index in [1.807, 2.05) is 4.90 Å². The van der Waals surface area contributed by atoms with Crippen molar-refractivity contribution in [3.8, 4) is 0 Å². The highest BCUT2D eigenvalue weighted by atomic mass is 16.5. The fraction of sp³-hybridized carbons (Fsp3) is 0.941. The molecule has 2 atom stereocenters. The van der Waals surface area contributed by atoms with E-state index in [0.717, 1.165) is 32.7 Å². The van der Waals surface area contributed by atoms with Gasteiger partial charge >= 0.3 is 6.03 Å². The van der Waals surface area contributed by atoms with Crippen molar-refractivity contribution in [3.63, 3.8) is 0 Å². The highest BCUT2D eigenvalue weighted by Gasteiger charge is 2.24. The summed E-state index contributed by atoms with van der Waals surface area (Å²) >= 11 is 0. The minimum atomic E-state index is 0.103. The van der Waals surface area contributed by atoms with E-state index in [1.165, 1.54) is 38.5 Å². The topological polar surface area (TPSA) is 41.6 Å². The van der Waals surface area contributed by atoms with E-state index in [-0.39, 0.29) is 6.03 Å². The van der Waals surface area contributed by atoms with Crippen molar-refractivity contribution in [2.24, 2.45) is 11.8 Å². The van der Waals surface area contributed by atoms with Gasteiger partial charge in [-0.2, -0.15) is 0 Å². The Balaban J connectivity index is 1.54. The molecule has 1 N–H and O–H groups in total. The van der Waals surface area contributed by atoms with Crippen molar-refractivity contribution in [1.29, 1.82) is 0 Å². The summed E-state index contributed by atoms with van der Waals surface area (Å²) in [6.45, 7) is 7.76. The second-order valence-corrected chi connectivity index (χ2v) is 7.07. The molecule has 1 saturated heterocycles. The molecule has 1 aliphatic carbocycles. The van der Waals surface area contributed by atoms with Crippen molar-refractivity contribution in [1.82, 2.24) is 10.2 Å². The summed E-state index contributed by atoms with van der Waals surface area (Å²) in [5.74, 6) is 1.24. The van der Waals surface area contributed by atoms with E-state index >= 15 is 0 Å².